The Balaban J connectivity index is 2.31. The van der Waals surface area contributed by atoms with Crippen LogP contribution in [0.15, 0.2) is 0 Å². The second-order valence-electron chi connectivity index (χ2n) is 4.64. The zero-order valence-corrected chi connectivity index (χ0v) is 10.5. The van der Waals surface area contributed by atoms with Gasteiger partial charge in [0, 0.05) is 0 Å². The summed E-state index contributed by atoms with van der Waals surface area (Å²) in [6.45, 7) is 0. The lowest BCUT2D eigenvalue weighted by atomic mass is 10.1. The van der Waals surface area contributed by atoms with Crippen LogP contribution in [0.25, 0.3) is 0 Å². The lowest BCUT2D eigenvalue weighted by molar-refractivity contribution is 0.585. The molecule has 1 rings (SSSR count). The highest BCUT2D eigenvalue weighted by molar-refractivity contribution is 8.14. The fraction of sp³-hybridized carbons (Fsp3) is 0.923. The Labute approximate surface area is 92.4 Å². The van der Waals surface area contributed by atoms with Crippen LogP contribution in [0.5, 0.6) is 0 Å². The molecule has 0 bridgehead atoms. The third-order valence-electron chi connectivity index (χ3n) is 3.33. The van der Waals surface area contributed by atoms with E-state index in [2.05, 4.69) is 6.26 Å². The minimum Gasteiger partial charge on any atom is -0.481 e. The summed E-state index contributed by atoms with van der Waals surface area (Å²) in [4.78, 5) is 0. The first kappa shape index (κ1) is 12.3. The van der Waals surface area contributed by atoms with E-state index >= 15 is 0 Å². The van der Waals surface area contributed by atoms with Gasteiger partial charge in [0.1, 0.15) is 0 Å². The molecule has 1 aliphatic rings. The Kier molecular flexibility index (Phi) is 6.59. The molecule has 1 atom stereocenters. The third kappa shape index (κ3) is 5.19. The van der Waals surface area contributed by atoms with Crippen molar-refractivity contribution in [3.63, 3.8) is 0 Å². The third-order valence-corrected chi connectivity index (χ3v) is 4.85. The lowest BCUT2D eigenvalue weighted by Gasteiger charge is -2.23. The molecule has 0 amide bonds. The minimum absolute atomic E-state index is 0.160. The maximum atomic E-state index is 6.04. The smallest absolute Gasteiger partial charge is 0.0310 e. The average molecular weight is 213 g/mol. The van der Waals surface area contributed by atoms with Gasteiger partial charge < -0.3 is 16.4 Å². The molecule has 84 valence electrons. The summed E-state index contributed by atoms with van der Waals surface area (Å²) >= 11 is 0. The van der Waals surface area contributed by atoms with Crippen LogP contribution in [-0.4, -0.2) is 17.4 Å². The first-order valence-electron chi connectivity index (χ1n) is 6.20. The molecule has 0 aromatic rings. The molecule has 0 aliphatic heterocycles. The summed E-state index contributed by atoms with van der Waals surface area (Å²) in [5, 5.41) is 0.827. The predicted octanol–water partition coefficient (Wildman–Crippen LogP) is 4.48. The summed E-state index contributed by atoms with van der Waals surface area (Å²) in [5.41, 5.74) is 0. The van der Waals surface area contributed by atoms with E-state index < -0.39 is 0 Å². The van der Waals surface area contributed by atoms with Crippen LogP contribution in [0.4, 0.5) is 0 Å². The van der Waals surface area contributed by atoms with E-state index in [0.29, 0.717) is 0 Å². The Bertz CT molecular complexity index is 151. The molecule has 1 aliphatic carbocycles. The number of hydrogen-bond donors (Lipinski definition) is 0. The van der Waals surface area contributed by atoms with E-state index in [-0.39, 0.29) is 10.5 Å². The van der Waals surface area contributed by atoms with Gasteiger partial charge in [0.05, 0.1) is 0 Å². The molecule has 0 radical (unpaired) electrons. The van der Waals surface area contributed by atoms with Gasteiger partial charge in [-0.15, -0.1) is 0 Å². The second kappa shape index (κ2) is 7.50. The highest BCUT2D eigenvalue weighted by Crippen LogP contribution is 2.27. The molecule has 1 saturated carbocycles. The van der Waals surface area contributed by atoms with Gasteiger partial charge in [0.2, 0.25) is 0 Å². The predicted molar refractivity (Wildman–Crippen MR) is 69.5 cm³/mol. The van der Waals surface area contributed by atoms with E-state index in [4.69, 9.17) is 5.87 Å². The topological polar surface area (TPSA) is 0 Å². The monoisotopic (exact) mass is 213 g/mol. The van der Waals surface area contributed by atoms with Gasteiger partial charge in [-0.05, 0) is 18.1 Å². The van der Waals surface area contributed by atoms with Crippen molar-refractivity contribution < 1.29 is 0 Å². The standard InChI is InChI=1S/C13H25S/c1-14(2)13-11-9-7-5-3-4-6-8-10-12-13/h1,13H,3-12H2,2H3/q-1. The molecule has 0 heterocycles. The summed E-state index contributed by atoms with van der Waals surface area (Å²) in [7, 11) is 0.160. The molecular formula is C13H25S-. The average Bonchev–Trinajstić information content (AvgIpc) is 2.21. The maximum Gasteiger partial charge on any atom is -0.0310 e. The Morgan fingerprint density at radius 1 is 0.786 bits per heavy atom. The largest absolute Gasteiger partial charge is 0.481 e. The van der Waals surface area contributed by atoms with Crippen molar-refractivity contribution in [2.24, 2.45) is 0 Å². The van der Waals surface area contributed by atoms with Crippen LogP contribution in [0.1, 0.15) is 64.2 Å². The van der Waals surface area contributed by atoms with Crippen LogP contribution in [0, 0.1) is 0 Å². The maximum absolute atomic E-state index is 6.04. The highest BCUT2D eigenvalue weighted by atomic mass is 32.2. The van der Waals surface area contributed by atoms with Crippen LogP contribution in [0.3, 0.4) is 0 Å². The molecule has 0 aromatic carbocycles. The van der Waals surface area contributed by atoms with Crippen molar-refractivity contribution in [3.05, 3.63) is 0 Å². The van der Waals surface area contributed by atoms with Crippen molar-refractivity contribution in [2.75, 3.05) is 6.26 Å². The second-order valence-corrected chi connectivity index (χ2v) is 6.52. The van der Waals surface area contributed by atoms with E-state index in [0.717, 1.165) is 5.25 Å². The Hall–Kier alpha value is 0.220. The van der Waals surface area contributed by atoms with Gasteiger partial charge in [-0.2, -0.15) is 0 Å². The molecule has 1 heteroatoms. The summed E-state index contributed by atoms with van der Waals surface area (Å²) in [6, 6.07) is 0. The van der Waals surface area contributed by atoms with Crippen LogP contribution < -0.4 is 0 Å². The van der Waals surface area contributed by atoms with E-state index in [1.807, 2.05) is 0 Å². The minimum atomic E-state index is 0.160. The molecule has 0 N–H and O–H groups in total. The van der Waals surface area contributed by atoms with Crippen molar-refractivity contribution in [1.82, 2.24) is 0 Å². The van der Waals surface area contributed by atoms with Crippen molar-refractivity contribution in [2.45, 2.75) is 69.5 Å². The summed E-state index contributed by atoms with van der Waals surface area (Å²) < 4.78 is 0. The van der Waals surface area contributed by atoms with Gasteiger partial charge in [-0.25, -0.2) is 0 Å². The lowest BCUT2D eigenvalue weighted by Crippen LogP contribution is -2.04. The quantitative estimate of drug-likeness (QED) is 0.445. The fourth-order valence-corrected chi connectivity index (χ4v) is 3.40. The van der Waals surface area contributed by atoms with Crippen molar-refractivity contribution in [3.8, 4) is 0 Å². The Morgan fingerprint density at radius 2 is 1.14 bits per heavy atom. The fourth-order valence-electron chi connectivity index (χ4n) is 2.32. The molecule has 0 spiro atoms. The SMILES string of the molecule is [CH-]=S(C)C1CCCCCCCCCC1. The summed E-state index contributed by atoms with van der Waals surface area (Å²) in [5.74, 6) is 6.04. The zero-order chi connectivity index (χ0) is 10.2. The van der Waals surface area contributed by atoms with E-state index in [9.17, 15) is 0 Å². The first-order valence-corrected chi connectivity index (χ1v) is 7.96. The van der Waals surface area contributed by atoms with Gasteiger partial charge >= 0.3 is 0 Å². The van der Waals surface area contributed by atoms with Crippen molar-refractivity contribution >= 4 is 16.4 Å². The molecule has 0 saturated heterocycles. The Morgan fingerprint density at radius 3 is 1.50 bits per heavy atom. The van der Waals surface area contributed by atoms with E-state index in [1.54, 1.807) is 0 Å². The number of rotatable bonds is 1. The highest BCUT2D eigenvalue weighted by Gasteiger charge is 2.06. The van der Waals surface area contributed by atoms with Gasteiger partial charge in [-0.3, -0.25) is 0 Å². The molecule has 14 heavy (non-hydrogen) atoms. The molecule has 1 unspecified atom stereocenters. The molecular weight excluding hydrogens is 188 g/mol. The normalized spacial score (nSPS) is 25.2. The first-order chi connectivity index (χ1) is 6.80. The van der Waals surface area contributed by atoms with Crippen molar-refractivity contribution in [1.29, 1.82) is 0 Å². The summed E-state index contributed by atoms with van der Waals surface area (Å²) in [6.07, 6.45) is 16.5. The van der Waals surface area contributed by atoms with Crippen LogP contribution >= 0.6 is 10.5 Å². The number of hydrogen-bond acceptors (Lipinski definition) is 0. The van der Waals surface area contributed by atoms with E-state index in [1.165, 1.54) is 64.2 Å². The zero-order valence-electron chi connectivity index (χ0n) is 9.63. The van der Waals surface area contributed by atoms with Crippen LogP contribution in [0.2, 0.25) is 0 Å². The van der Waals surface area contributed by atoms with Gasteiger partial charge in [-0.1, -0.05) is 57.6 Å². The molecule has 1 fully saturated rings. The van der Waals surface area contributed by atoms with Gasteiger partial charge in [0.15, 0.2) is 0 Å². The molecule has 0 nitrogen and oxygen atoms in total. The van der Waals surface area contributed by atoms with Crippen LogP contribution in [-0.2, 0) is 0 Å². The molecule has 0 aromatic heterocycles. The van der Waals surface area contributed by atoms with Gasteiger partial charge in [0.25, 0.3) is 0 Å².